The van der Waals surface area contributed by atoms with E-state index in [0.717, 1.165) is 29.4 Å². The number of hydrogen-bond donors (Lipinski definition) is 2. The molecule has 5 atom stereocenters. The van der Waals surface area contributed by atoms with E-state index in [1.807, 2.05) is 6.92 Å². The molecule has 4 aliphatic rings. The Hall–Kier alpha value is -2.11. The number of nitrogens with one attached hydrogen (secondary N) is 1. The predicted octanol–water partition coefficient (Wildman–Crippen LogP) is 2.71. The lowest BCUT2D eigenvalue weighted by Crippen LogP contribution is -2.76. The zero-order valence-electron chi connectivity index (χ0n) is 16.2. The Morgan fingerprint density at radius 2 is 2.22 bits per heavy atom. The zero-order chi connectivity index (χ0) is 19.0. The van der Waals surface area contributed by atoms with Crippen LogP contribution in [-0.2, 0) is 16.0 Å². The summed E-state index contributed by atoms with van der Waals surface area (Å²) in [5.74, 6) is -0.223. The lowest BCUT2D eigenvalue weighted by Gasteiger charge is -2.66. The fourth-order valence-corrected chi connectivity index (χ4v) is 6.62. The van der Waals surface area contributed by atoms with E-state index < -0.39 is 5.41 Å². The summed E-state index contributed by atoms with van der Waals surface area (Å²) in [6.45, 7) is 2.82. The molecule has 0 radical (unpaired) electrons. The van der Waals surface area contributed by atoms with E-state index in [2.05, 4.69) is 42.4 Å². The number of carbonyl (C=O) groups excluding carboxylic acids is 1. The Morgan fingerprint density at radius 3 is 2.93 bits per heavy atom. The highest BCUT2D eigenvalue weighted by molar-refractivity contribution is 5.86. The highest BCUT2D eigenvalue weighted by atomic mass is 16.5. The Labute approximate surface area is 159 Å². The van der Waals surface area contributed by atoms with Crippen LogP contribution in [-0.4, -0.2) is 53.9 Å². The maximum Gasteiger partial charge on any atom is 0.320 e. The van der Waals surface area contributed by atoms with E-state index in [0.29, 0.717) is 6.04 Å². The summed E-state index contributed by atoms with van der Waals surface area (Å²) in [4.78, 5) is 16.8. The zero-order valence-corrected chi connectivity index (χ0v) is 16.2. The third-order valence-corrected chi connectivity index (χ3v) is 7.85. The number of carbonyl (C=O) groups is 1. The van der Waals surface area contributed by atoms with Crippen molar-refractivity contribution in [2.45, 2.75) is 31.8 Å². The number of benzene rings is 1. The SMILES string of the molecule is C/C=C1\C[N+]2(C)C3CC1C(CO)(C(=O)OC)C2Cc1c3[nH]c2ccccc12. The minimum atomic E-state index is -0.865. The Kier molecular flexibility index (Phi) is 3.44. The molecule has 27 heavy (non-hydrogen) atoms. The first kappa shape index (κ1) is 17.0. The number of quaternary nitrogens is 1. The number of methoxy groups -OCH3 is 1. The average molecular weight is 367 g/mol. The second-order valence-electron chi connectivity index (χ2n) is 8.65. The molecule has 0 spiro atoms. The van der Waals surface area contributed by atoms with Crippen molar-refractivity contribution in [3.05, 3.63) is 47.2 Å². The van der Waals surface area contributed by atoms with E-state index in [4.69, 9.17) is 4.74 Å². The molecule has 2 N–H and O–H groups in total. The number of fused-ring (bicyclic) bond motifs is 4. The third-order valence-electron chi connectivity index (χ3n) is 7.85. The summed E-state index contributed by atoms with van der Waals surface area (Å²) < 4.78 is 6.05. The van der Waals surface area contributed by atoms with Crippen LogP contribution < -0.4 is 0 Å². The van der Waals surface area contributed by atoms with Gasteiger partial charge >= 0.3 is 5.97 Å². The van der Waals surface area contributed by atoms with Gasteiger partial charge in [-0.15, -0.1) is 0 Å². The number of H-pyrrole nitrogens is 1. The number of likely N-dealkylation sites (N-methyl/N-ethyl adjacent to an activating group) is 1. The number of nitrogens with zero attached hydrogens (tertiary/aromatic N) is 1. The van der Waals surface area contributed by atoms with Gasteiger partial charge in [-0.1, -0.05) is 24.3 Å². The number of allylic oxidation sites excluding steroid dienone is 1. The Morgan fingerprint density at radius 1 is 1.44 bits per heavy atom. The van der Waals surface area contributed by atoms with E-state index in [-0.39, 0.29) is 24.5 Å². The highest BCUT2D eigenvalue weighted by Crippen LogP contribution is 2.62. The maximum absolute atomic E-state index is 13.1. The van der Waals surface area contributed by atoms with E-state index >= 15 is 0 Å². The third kappa shape index (κ3) is 1.84. The van der Waals surface area contributed by atoms with Crippen LogP contribution in [0.5, 0.6) is 0 Å². The number of aromatic amines is 1. The predicted molar refractivity (Wildman–Crippen MR) is 103 cm³/mol. The van der Waals surface area contributed by atoms with Crippen molar-refractivity contribution in [3.63, 3.8) is 0 Å². The van der Waals surface area contributed by atoms with Gasteiger partial charge in [-0.25, -0.2) is 0 Å². The molecule has 5 unspecified atom stereocenters. The van der Waals surface area contributed by atoms with Gasteiger partial charge in [0.25, 0.3) is 0 Å². The van der Waals surface area contributed by atoms with Crippen molar-refractivity contribution in [1.82, 2.24) is 4.98 Å². The number of ether oxygens (including phenoxy) is 1. The number of esters is 1. The molecule has 0 amide bonds. The normalized spacial score (nSPS) is 38.2. The first-order valence-corrected chi connectivity index (χ1v) is 9.80. The van der Waals surface area contributed by atoms with Crippen LogP contribution in [0.4, 0.5) is 0 Å². The van der Waals surface area contributed by atoms with Crippen LogP contribution in [0, 0.1) is 11.3 Å². The topological polar surface area (TPSA) is 62.3 Å². The summed E-state index contributed by atoms with van der Waals surface area (Å²) in [7, 11) is 3.71. The molecular formula is C22H27N2O3+. The summed E-state index contributed by atoms with van der Waals surface area (Å²) >= 11 is 0. The first-order valence-electron chi connectivity index (χ1n) is 9.80. The van der Waals surface area contributed by atoms with Crippen molar-refractivity contribution < 1.29 is 19.1 Å². The second-order valence-corrected chi connectivity index (χ2v) is 8.65. The molecule has 1 aromatic carbocycles. The van der Waals surface area contributed by atoms with Gasteiger partial charge in [0.15, 0.2) is 0 Å². The highest BCUT2D eigenvalue weighted by Gasteiger charge is 2.71. The molecule has 5 heterocycles. The van der Waals surface area contributed by atoms with Crippen LogP contribution in [0.15, 0.2) is 35.9 Å². The summed E-state index contributed by atoms with van der Waals surface area (Å²) in [6, 6.07) is 8.76. The van der Waals surface area contributed by atoms with Crippen molar-refractivity contribution in [1.29, 1.82) is 0 Å². The number of aromatic nitrogens is 1. The van der Waals surface area contributed by atoms with Gasteiger partial charge in [0, 0.05) is 29.7 Å². The van der Waals surface area contributed by atoms with Crippen LogP contribution in [0.1, 0.15) is 30.6 Å². The van der Waals surface area contributed by atoms with Gasteiger partial charge in [-0.2, -0.15) is 0 Å². The molecule has 1 aromatic heterocycles. The van der Waals surface area contributed by atoms with Gasteiger partial charge < -0.3 is 19.3 Å². The van der Waals surface area contributed by atoms with Crippen LogP contribution >= 0.6 is 0 Å². The standard InChI is InChI=1S/C22H27N2O3/c1-4-13-11-24(2)18-10-16(13)22(12-25,21(26)27-3)19(24)9-15-14-7-5-6-8-17(14)23-20(15)18/h4-8,16,18-19,23,25H,9-12H2,1-3H3/q+1/b13-4+. The monoisotopic (exact) mass is 367 g/mol. The lowest BCUT2D eigenvalue weighted by molar-refractivity contribution is -0.981. The molecule has 6 rings (SSSR count). The quantitative estimate of drug-likeness (QED) is 0.487. The number of piperidine rings is 3. The first-order chi connectivity index (χ1) is 13.0. The van der Waals surface area contributed by atoms with E-state index in [9.17, 15) is 9.90 Å². The Bertz CT molecular complexity index is 977. The average Bonchev–Trinajstić information content (AvgIpc) is 3.05. The van der Waals surface area contributed by atoms with Crippen molar-refractivity contribution >= 4 is 16.9 Å². The fourth-order valence-electron chi connectivity index (χ4n) is 6.62. The van der Waals surface area contributed by atoms with Crippen LogP contribution in [0.2, 0.25) is 0 Å². The molecule has 0 aliphatic carbocycles. The molecule has 4 aliphatic heterocycles. The summed E-state index contributed by atoms with van der Waals surface area (Å²) in [6.07, 6.45) is 3.80. The number of rotatable bonds is 2. The fraction of sp³-hybridized carbons (Fsp3) is 0.500. The number of aliphatic hydroxyl groups is 1. The number of hydrogen-bond acceptors (Lipinski definition) is 3. The summed E-state index contributed by atoms with van der Waals surface area (Å²) in [5.41, 5.74) is 4.23. The lowest BCUT2D eigenvalue weighted by atomic mass is 9.54. The molecular weight excluding hydrogens is 340 g/mol. The van der Waals surface area contributed by atoms with Gasteiger partial charge in [-0.3, -0.25) is 4.79 Å². The van der Waals surface area contributed by atoms with Crippen molar-refractivity contribution in [2.75, 3.05) is 27.3 Å². The molecule has 3 saturated heterocycles. The molecule has 142 valence electrons. The van der Waals surface area contributed by atoms with Crippen LogP contribution in [0.3, 0.4) is 0 Å². The maximum atomic E-state index is 13.1. The molecule has 2 aromatic rings. The molecule has 0 saturated carbocycles. The van der Waals surface area contributed by atoms with Gasteiger partial charge in [0.1, 0.15) is 24.0 Å². The minimum absolute atomic E-state index is 0.0223. The molecule has 4 bridgehead atoms. The minimum Gasteiger partial charge on any atom is -0.468 e. The number of para-hydroxylation sites is 1. The van der Waals surface area contributed by atoms with Crippen molar-refractivity contribution in [3.8, 4) is 0 Å². The van der Waals surface area contributed by atoms with E-state index in [1.165, 1.54) is 29.3 Å². The van der Waals surface area contributed by atoms with Gasteiger partial charge in [0.05, 0.1) is 26.5 Å². The molecule has 5 heteroatoms. The Balaban J connectivity index is 1.78. The van der Waals surface area contributed by atoms with Crippen molar-refractivity contribution in [2.24, 2.45) is 11.3 Å². The van der Waals surface area contributed by atoms with E-state index in [1.54, 1.807) is 0 Å². The van der Waals surface area contributed by atoms with Gasteiger partial charge in [-0.05, 0) is 24.1 Å². The largest absolute Gasteiger partial charge is 0.468 e. The summed E-state index contributed by atoms with van der Waals surface area (Å²) in [5, 5.41) is 11.8. The molecule has 3 fully saturated rings. The van der Waals surface area contributed by atoms with Gasteiger partial charge in [0.2, 0.25) is 0 Å². The second kappa shape index (κ2) is 5.46. The smallest absolute Gasteiger partial charge is 0.320 e. The number of aliphatic hydroxyl groups excluding tert-OH is 1. The molecule has 5 nitrogen and oxygen atoms in total. The van der Waals surface area contributed by atoms with Crippen LogP contribution in [0.25, 0.3) is 10.9 Å².